The van der Waals surface area contributed by atoms with Crippen LogP contribution in [0.1, 0.15) is 11.1 Å². The van der Waals surface area contributed by atoms with Gasteiger partial charge in [0, 0.05) is 5.69 Å². The summed E-state index contributed by atoms with van der Waals surface area (Å²) >= 11 is 5.84. The Kier molecular flexibility index (Phi) is 3.15. The molecule has 5 heteroatoms. The molecule has 1 aromatic carbocycles. The van der Waals surface area contributed by atoms with Crippen LogP contribution < -0.4 is 11.1 Å². The summed E-state index contributed by atoms with van der Waals surface area (Å²) in [5.74, 6) is 0.527. The number of nitrogens with two attached hydrogens (primary N) is 1. The number of aromatic nitrogens is 2. The second kappa shape index (κ2) is 4.59. The van der Waals surface area contributed by atoms with Crippen LogP contribution >= 0.6 is 11.6 Å². The zero-order valence-corrected chi connectivity index (χ0v) is 10.4. The van der Waals surface area contributed by atoms with Crippen LogP contribution in [-0.2, 0) is 0 Å². The van der Waals surface area contributed by atoms with Gasteiger partial charge in [-0.15, -0.1) is 0 Å². The van der Waals surface area contributed by atoms with Crippen molar-refractivity contribution in [3.63, 3.8) is 0 Å². The van der Waals surface area contributed by atoms with Crippen LogP contribution in [0.25, 0.3) is 0 Å². The third-order valence-corrected chi connectivity index (χ3v) is 2.99. The highest BCUT2D eigenvalue weighted by atomic mass is 35.5. The van der Waals surface area contributed by atoms with Crippen molar-refractivity contribution in [3.8, 4) is 0 Å². The monoisotopic (exact) mass is 248 g/mol. The molecule has 0 saturated heterocycles. The van der Waals surface area contributed by atoms with Crippen molar-refractivity contribution in [2.75, 3.05) is 11.1 Å². The summed E-state index contributed by atoms with van der Waals surface area (Å²) in [4.78, 5) is 7.88. The van der Waals surface area contributed by atoms with Crippen LogP contribution in [-0.4, -0.2) is 9.97 Å². The van der Waals surface area contributed by atoms with Gasteiger partial charge in [-0.3, -0.25) is 0 Å². The zero-order valence-electron chi connectivity index (χ0n) is 9.66. The van der Waals surface area contributed by atoms with Crippen molar-refractivity contribution >= 4 is 28.8 Å². The molecule has 0 fully saturated rings. The highest BCUT2D eigenvalue weighted by Crippen LogP contribution is 2.27. The lowest BCUT2D eigenvalue weighted by Gasteiger charge is -2.12. The number of anilines is 3. The lowest BCUT2D eigenvalue weighted by atomic mass is 10.1. The number of nitrogens with one attached hydrogen (secondary N) is 1. The Morgan fingerprint density at radius 3 is 2.76 bits per heavy atom. The summed E-state index contributed by atoms with van der Waals surface area (Å²) in [5, 5.41) is 3.42. The van der Waals surface area contributed by atoms with Gasteiger partial charge in [-0.25, -0.2) is 9.97 Å². The first-order valence-electron chi connectivity index (χ1n) is 5.19. The highest BCUT2D eigenvalue weighted by Gasteiger charge is 2.07. The van der Waals surface area contributed by atoms with Gasteiger partial charge in [-0.05, 0) is 31.0 Å². The van der Waals surface area contributed by atoms with Crippen LogP contribution in [0.5, 0.6) is 0 Å². The summed E-state index contributed by atoms with van der Waals surface area (Å²) in [5.41, 5.74) is 9.48. The van der Waals surface area contributed by atoms with E-state index < -0.39 is 0 Å². The summed E-state index contributed by atoms with van der Waals surface area (Å²) in [6, 6.07) is 6.00. The van der Waals surface area contributed by atoms with Crippen LogP contribution in [0.4, 0.5) is 17.2 Å². The Morgan fingerprint density at radius 1 is 1.24 bits per heavy atom. The second-order valence-electron chi connectivity index (χ2n) is 3.80. The number of nitrogens with zero attached hydrogens (tertiary/aromatic N) is 2. The van der Waals surface area contributed by atoms with Gasteiger partial charge in [0.25, 0.3) is 0 Å². The maximum Gasteiger partial charge on any atom is 0.158 e. The van der Waals surface area contributed by atoms with Gasteiger partial charge in [0.05, 0.1) is 0 Å². The molecular formula is C12H13ClN4. The molecule has 0 bridgehead atoms. The van der Waals surface area contributed by atoms with Crippen LogP contribution in [0.3, 0.4) is 0 Å². The SMILES string of the molecule is Cc1cccc(Nc2ncnc(Cl)c2N)c1C. The molecule has 0 aliphatic heterocycles. The fourth-order valence-electron chi connectivity index (χ4n) is 1.49. The average Bonchev–Trinajstić information content (AvgIpc) is 2.31. The van der Waals surface area contributed by atoms with Crippen molar-refractivity contribution in [2.24, 2.45) is 0 Å². The molecule has 0 radical (unpaired) electrons. The first-order valence-corrected chi connectivity index (χ1v) is 5.56. The third kappa shape index (κ3) is 2.31. The molecule has 0 aliphatic rings. The van der Waals surface area contributed by atoms with Gasteiger partial charge in [-0.2, -0.15) is 0 Å². The van der Waals surface area contributed by atoms with Crippen molar-refractivity contribution in [1.29, 1.82) is 0 Å². The molecule has 2 aromatic rings. The summed E-state index contributed by atoms with van der Waals surface area (Å²) < 4.78 is 0. The van der Waals surface area contributed by atoms with E-state index in [0.29, 0.717) is 11.5 Å². The van der Waals surface area contributed by atoms with E-state index in [1.807, 2.05) is 19.1 Å². The van der Waals surface area contributed by atoms with Crippen LogP contribution in [0, 0.1) is 13.8 Å². The molecule has 88 valence electrons. The van der Waals surface area contributed by atoms with E-state index in [1.54, 1.807) is 0 Å². The van der Waals surface area contributed by atoms with Crippen molar-refractivity contribution in [2.45, 2.75) is 13.8 Å². The fraction of sp³-hybridized carbons (Fsp3) is 0.167. The van der Waals surface area contributed by atoms with E-state index in [-0.39, 0.29) is 5.15 Å². The molecule has 1 aromatic heterocycles. The molecule has 1 heterocycles. The van der Waals surface area contributed by atoms with E-state index in [2.05, 4.69) is 28.3 Å². The maximum atomic E-state index is 5.84. The fourth-order valence-corrected chi connectivity index (χ4v) is 1.62. The third-order valence-electron chi connectivity index (χ3n) is 2.69. The van der Waals surface area contributed by atoms with Crippen LogP contribution in [0.2, 0.25) is 5.15 Å². The average molecular weight is 249 g/mol. The predicted octanol–water partition coefficient (Wildman–Crippen LogP) is 3.07. The van der Waals surface area contributed by atoms with Gasteiger partial charge in [0.1, 0.15) is 12.0 Å². The molecule has 3 N–H and O–H groups in total. The molecular weight excluding hydrogens is 236 g/mol. The van der Waals surface area contributed by atoms with Gasteiger partial charge in [0.2, 0.25) is 0 Å². The number of halogens is 1. The van der Waals surface area contributed by atoms with E-state index in [9.17, 15) is 0 Å². The molecule has 0 saturated carbocycles. The number of nitrogen functional groups attached to an aromatic ring is 1. The number of hydrogen-bond donors (Lipinski definition) is 2. The van der Waals surface area contributed by atoms with E-state index >= 15 is 0 Å². The highest BCUT2D eigenvalue weighted by molar-refractivity contribution is 6.32. The summed E-state index contributed by atoms with van der Waals surface area (Å²) in [6.45, 7) is 4.09. The van der Waals surface area contributed by atoms with Crippen molar-refractivity contribution < 1.29 is 0 Å². The first-order chi connectivity index (χ1) is 8.09. The molecule has 0 aliphatic carbocycles. The lowest BCUT2D eigenvalue weighted by Crippen LogP contribution is -2.02. The number of benzene rings is 1. The quantitative estimate of drug-likeness (QED) is 0.802. The standard InChI is InChI=1S/C12H13ClN4/c1-7-4-3-5-9(8(7)2)17-12-10(14)11(13)15-6-16-12/h3-6H,14H2,1-2H3,(H,15,16,17). The molecule has 2 rings (SSSR count). The van der Waals surface area contributed by atoms with E-state index in [0.717, 1.165) is 11.3 Å². The molecule has 0 amide bonds. The number of rotatable bonds is 2. The molecule has 0 unspecified atom stereocenters. The Hall–Kier alpha value is -1.81. The largest absolute Gasteiger partial charge is 0.393 e. The summed E-state index contributed by atoms with van der Waals surface area (Å²) in [6.07, 6.45) is 1.38. The first kappa shape index (κ1) is 11.7. The molecule has 0 atom stereocenters. The Morgan fingerprint density at radius 2 is 2.00 bits per heavy atom. The minimum Gasteiger partial charge on any atom is -0.393 e. The van der Waals surface area contributed by atoms with Gasteiger partial charge >= 0.3 is 0 Å². The minimum absolute atomic E-state index is 0.257. The summed E-state index contributed by atoms with van der Waals surface area (Å²) in [7, 11) is 0. The van der Waals surface area contributed by atoms with E-state index in [4.69, 9.17) is 17.3 Å². The van der Waals surface area contributed by atoms with Crippen LogP contribution in [0.15, 0.2) is 24.5 Å². The Bertz CT molecular complexity index is 505. The Labute approximate surface area is 105 Å². The van der Waals surface area contributed by atoms with Gasteiger partial charge in [0.15, 0.2) is 11.0 Å². The zero-order chi connectivity index (χ0) is 12.4. The van der Waals surface area contributed by atoms with Gasteiger partial charge in [-0.1, -0.05) is 23.7 Å². The number of aryl methyl sites for hydroxylation is 1. The smallest absolute Gasteiger partial charge is 0.158 e. The molecule has 0 spiro atoms. The topological polar surface area (TPSA) is 63.8 Å². The van der Waals surface area contributed by atoms with Crippen molar-refractivity contribution in [1.82, 2.24) is 9.97 Å². The molecule has 4 nitrogen and oxygen atoms in total. The van der Waals surface area contributed by atoms with E-state index in [1.165, 1.54) is 11.9 Å². The predicted molar refractivity (Wildman–Crippen MR) is 70.7 cm³/mol. The van der Waals surface area contributed by atoms with Crippen molar-refractivity contribution in [3.05, 3.63) is 40.8 Å². The molecule has 17 heavy (non-hydrogen) atoms. The Balaban J connectivity index is 2.38. The van der Waals surface area contributed by atoms with Gasteiger partial charge < -0.3 is 11.1 Å². The minimum atomic E-state index is 0.257. The lowest BCUT2D eigenvalue weighted by molar-refractivity contribution is 1.17. The maximum absolute atomic E-state index is 5.84. The number of hydrogen-bond acceptors (Lipinski definition) is 4. The normalized spacial score (nSPS) is 10.3. The second-order valence-corrected chi connectivity index (χ2v) is 4.16.